The molecule has 9 heteroatoms. The second-order valence-electron chi connectivity index (χ2n) is 6.24. The summed E-state index contributed by atoms with van der Waals surface area (Å²) in [6.45, 7) is 5.29. The highest BCUT2D eigenvalue weighted by Crippen LogP contribution is 2.31. The Morgan fingerprint density at radius 1 is 1.15 bits per heavy atom. The monoisotopic (exact) mass is 351 g/mol. The van der Waals surface area contributed by atoms with Crippen molar-refractivity contribution in [3.8, 4) is 5.95 Å². The SMILES string of the molecule is Cc1cc([C@](C)(O)c2ccc3nc(C)n(-c4ncnc(N)n4)c3c2)no1. The molecule has 132 valence electrons. The third kappa shape index (κ3) is 2.49. The van der Waals surface area contributed by atoms with E-state index in [-0.39, 0.29) is 5.95 Å². The Morgan fingerprint density at radius 3 is 2.65 bits per heavy atom. The Kier molecular flexibility index (Phi) is 3.48. The standard InChI is InChI=1S/C17H17N7O2/c1-9-6-14(23-26-9)17(3,25)11-4-5-12-13(7-11)24(10(2)21-12)16-20-8-19-15(18)22-16/h4-8,25H,1-3H3,(H2,18,19,20,22)/t17-/m1/s1. The Balaban J connectivity index is 1.91. The van der Waals surface area contributed by atoms with Crippen molar-refractivity contribution < 1.29 is 9.63 Å². The molecule has 0 aliphatic carbocycles. The second-order valence-corrected chi connectivity index (χ2v) is 6.24. The van der Waals surface area contributed by atoms with Gasteiger partial charge in [0, 0.05) is 6.07 Å². The van der Waals surface area contributed by atoms with Crippen molar-refractivity contribution in [2.75, 3.05) is 5.73 Å². The number of rotatable bonds is 3. The fourth-order valence-electron chi connectivity index (χ4n) is 2.90. The number of nitrogens with two attached hydrogens (primary N) is 1. The van der Waals surface area contributed by atoms with E-state index in [1.54, 1.807) is 24.5 Å². The van der Waals surface area contributed by atoms with Gasteiger partial charge in [-0.2, -0.15) is 4.98 Å². The van der Waals surface area contributed by atoms with Gasteiger partial charge in [-0.25, -0.2) is 15.0 Å². The first kappa shape index (κ1) is 16.2. The van der Waals surface area contributed by atoms with Crippen LogP contribution in [0.5, 0.6) is 0 Å². The van der Waals surface area contributed by atoms with Gasteiger partial charge in [0.15, 0.2) is 0 Å². The van der Waals surface area contributed by atoms with Crippen LogP contribution in [-0.4, -0.2) is 34.8 Å². The first-order valence-electron chi connectivity index (χ1n) is 7.97. The van der Waals surface area contributed by atoms with Crippen molar-refractivity contribution >= 4 is 17.0 Å². The zero-order valence-corrected chi connectivity index (χ0v) is 14.5. The van der Waals surface area contributed by atoms with Crippen molar-refractivity contribution in [2.24, 2.45) is 0 Å². The van der Waals surface area contributed by atoms with Crippen LogP contribution in [0.1, 0.15) is 29.8 Å². The molecule has 0 spiro atoms. The molecule has 0 saturated carbocycles. The third-order valence-corrected chi connectivity index (χ3v) is 4.29. The van der Waals surface area contributed by atoms with E-state index in [1.807, 2.05) is 25.1 Å². The fraction of sp³-hybridized carbons (Fsp3) is 0.235. The summed E-state index contributed by atoms with van der Waals surface area (Å²) in [6, 6.07) is 7.18. The Hall–Kier alpha value is -3.33. The summed E-state index contributed by atoms with van der Waals surface area (Å²) in [5.41, 5.74) is 6.92. The van der Waals surface area contributed by atoms with Gasteiger partial charge in [-0.1, -0.05) is 11.2 Å². The number of imidazole rings is 1. The molecule has 0 saturated heterocycles. The molecule has 0 unspecified atom stereocenters. The normalized spacial score (nSPS) is 13.8. The summed E-state index contributed by atoms with van der Waals surface area (Å²) in [7, 11) is 0. The maximum absolute atomic E-state index is 11.0. The molecule has 4 rings (SSSR count). The molecule has 3 heterocycles. The molecule has 1 atom stereocenters. The quantitative estimate of drug-likeness (QED) is 0.570. The summed E-state index contributed by atoms with van der Waals surface area (Å²) in [6.07, 6.45) is 1.35. The van der Waals surface area contributed by atoms with Crippen molar-refractivity contribution in [3.05, 3.63) is 53.4 Å². The van der Waals surface area contributed by atoms with Gasteiger partial charge < -0.3 is 15.4 Å². The molecular weight excluding hydrogens is 334 g/mol. The number of aryl methyl sites for hydroxylation is 2. The molecular formula is C17H17N7O2. The third-order valence-electron chi connectivity index (χ3n) is 4.29. The molecule has 0 radical (unpaired) electrons. The van der Waals surface area contributed by atoms with Crippen LogP contribution in [0.3, 0.4) is 0 Å². The van der Waals surface area contributed by atoms with E-state index >= 15 is 0 Å². The van der Waals surface area contributed by atoms with Gasteiger partial charge in [0.2, 0.25) is 11.9 Å². The highest BCUT2D eigenvalue weighted by Gasteiger charge is 2.30. The largest absolute Gasteiger partial charge is 0.379 e. The second kappa shape index (κ2) is 5.60. The average molecular weight is 351 g/mol. The minimum atomic E-state index is -1.33. The first-order chi connectivity index (χ1) is 12.4. The maximum Gasteiger partial charge on any atom is 0.240 e. The van der Waals surface area contributed by atoms with E-state index in [0.29, 0.717) is 28.8 Å². The number of hydrogen-bond acceptors (Lipinski definition) is 8. The summed E-state index contributed by atoms with van der Waals surface area (Å²) in [4.78, 5) is 16.7. The number of aromatic nitrogens is 6. The lowest BCUT2D eigenvalue weighted by Crippen LogP contribution is -2.23. The van der Waals surface area contributed by atoms with E-state index in [2.05, 4.69) is 25.1 Å². The van der Waals surface area contributed by atoms with Gasteiger partial charge >= 0.3 is 0 Å². The van der Waals surface area contributed by atoms with Crippen molar-refractivity contribution in [1.82, 2.24) is 29.7 Å². The molecule has 4 aromatic rings. The molecule has 9 nitrogen and oxygen atoms in total. The first-order valence-corrected chi connectivity index (χ1v) is 7.97. The maximum atomic E-state index is 11.0. The molecule has 0 amide bonds. The van der Waals surface area contributed by atoms with Crippen molar-refractivity contribution in [1.29, 1.82) is 0 Å². The van der Waals surface area contributed by atoms with Crippen LogP contribution in [0.25, 0.3) is 17.0 Å². The lowest BCUT2D eigenvalue weighted by molar-refractivity contribution is 0.0933. The van der Waals surface area contributed by atoms with Crippen LogP contribution in [0.15, 0.2) is 35.1 Å². The summed E-state index contributed by atoms with van der Waals surface area (Å²) in [5.74, 6) is 1.81. The smallest absolute Gasteiger partial charge is 0.240 e. The molecule has 0 aliphatic heterocycles. The fourth-order valence-corrected chi connectivity index (χ4v) is 2.90. The van der Waals surface area contributed by atoms with Crippen molar-refractivity contribution in [2.45, 2.75) is 26.4 Å². The van der Waals surface area contributed by atoms with Gasteiger partial charge in [-0.3, -0.25) is 4.57 Å². The van der Waals surface area contributed by atoms with Crippen LogP contribution >= 0.6 is 0 Å². The lowest BCUT2D eigenvalue weighted by Gasteiger charge is -2.21. The number of hydrogen-bond donors (Lipinski definition) is 2. The van der Waals surface area contributed by atoms with Crippen LogP contribution < -0.4 is 5.73 Å². The summed E-state index contributed by atoms with van der Waals surface area (Å²) < 4.78 is 6.87. The minimum Gasteiger partial charge on any atom is -0.379 e. The highest BCUT2D eigenvalue weighted by molar-refractivity contribution is 5.79. The topological polar surface area (TPSA) is 129 Å². The number of nitrogens with zero attached hydrogens (tertiary/aromatic N) is 6. The Labute approximate surface area is 148 Å². The van der Waals surface area contributed by atoms with E-state index < -0.39 is 5.60 Å². The molecule has 0 aliphatic rings. The Morgan fingerprint density at radius 2 is 1.96 bits per heavy atom. The average Bonchev–Trinajstić information content (AvgIpc) is 3.17. The zero-order chi connectivity index (χ0) is 18.5. The molecule has 3 aromatic heterocycles. The molecule has 0 bridgehead atoms. The van der Waals surface area contributed by atoms with Crippen molar-refractivity contribution in [3.63, 3.8) is 0 Å². The van der Waals surface area contributed by atoms with Crippen LogP contribution in [-0.2, 0) is 5.60 Å². The number of aliphatic hydroxyl groups is 1. The lowest BCUT2D eigenvalue weighted by atomic mass is 9.92. The summed E-state index contributed by atoms with van der Waals surface area (Å²) >= 11 is 0. The van der Waals surface area contributed by atoms with E-state index in [0.717, 1.165) is 11.0 Å². The number of nitrogen functional groups attached to an aromatic ring is 1. The van der Waals surface area contributed by atoms with Crippen LogP contribution in [0.2, 0.25) is 0 Å². The molecule has 0 fully saturated rings. The van der Waals surface area contributed by atoms with Gasteiger partial charge in [-0.15, -0.1) is 0 Å². The van der Waals surface area contributed by atoms with E-state index in [4.69, 9.17) is 10.3 Å². The molecule has 1 aromatic carbocycles. The predicted molar refractivity (Wildman–Crippen MR) is 93.5 cm³/mol. The zero-order valence-electron chi connectivity index (χ0n) is 14.5. The van der Waals surface area contributed by atoms with E-state index in [9.17, 15) is 5.11 Å². The molecule has 3 N–H and O–H groups in total. The van der Waals surface area contributed by atoms with Gasteiger partial charge in [-0.05, 0) is 38.5 Å². The van der Waals surface area contributed by atoms with Gasteiger partial charge in [0.25, 0.3) is 0 Å². The number of benzene rings is 1. The number of anilines is 1. The highest BCUT2D eigenvalue weighted by atomic mass is 16.5. The molecule has 26 heavy (non-hydrogen) atoms. The van der Waals surface area contributed by atoms with Gasteiger partial charge in [0.1, 0.15) is 29.2 Å². The summed E-state index contributed by atoms with van der Waals surface area (Å²) in [5, 5.41) is 15.0. The number of fused-ring (bicyclic) bond motifs is 1. The van der Waals surface area contributed by atoms with Gasteiger partial charge in [0.05, 0.1) is 11.0 Å². The Bertz CT molecular complexity index is 1110. The van der Waals surface area contributed by atoms with E-state index in [1.165, 1.54) is 6.33 Å². The van der Waals surface area contributed by atoms with Crippen LogP contribution in [0, 0.1) is 13.8 Å². The predicted octanol–water partition coefficient (Wildman–Crippen LogP) is 1.65. The minimum absolute atomic E-state index is 0.123. The van der Waals surface area contributed by atoms with Crippen LogP contribution in [0.4, 0.5) is 5.95 Å².